The molecular formula is C14H20N2O4. The monoisotopic (exact) mass is 280 g/mol. The van der Waals surface area contributed by atoms with Gasteiger partial charge in [0, 0.05) is 38.0 Å². The van der Waals surface area contributed by atoms with Crippen molar-refractivity contribution in [2.75, 3.05) is 26.2 Å². The molecule has 2 heterocycles. The third kappa shape index (κ3) is 2.51. The van der Waals surface area contributed by atoms with Crippen molar-refractivity contribution in [3.05, 3.63) is 0 Å². The summed E-state index contributed by atoms with van der Waals surface area (Å²) in [4.78, 5) is 38.4. The number of carbonyl (C=O) groups is 3. The number of rotatable bonds is 3. The van der Waals surface area contributed by atoms with E-state index in [9.17, 15) is 14.4 Å². The number of nitrogens with zero attached hydrogens (tertiary/aromatic N) is 2. The molecule has 0 aromatic carbocycles. The molecule has 3 fully saturated rings. The van der Waals surface area contributed by atoms with E-state index in [1.165, 1.54) is 0 Å². The van der Waals surface area contributed by atoms with E-state index in [0.29, 0.717) is 39.0 Å². The Balaban J connectivity index is 1.45. The van der Waals surface area contributed by atoms with Crippen LogP contribution in [0.25, 0.3) is 0 Å². The number of aliphatic carboxylic acids is 1. The first-order chi connectivity index (χ1) is 9.56. The maximum absolute atomic E-state index is 12.2. The summed E-state index contributed by atoms with van der Waals surface area (Å²) < 4.78 is 0. The van der Waals surface area contributed by atoms with Crippen molar-refractivity contribution in [1.29, 1.82) is 0 Å². The molecule has 3 aliphatic rings. The molecule has 1 aliphatic carbocycles. The number of hydrogen-bond donors (Lipinski definition) is 1. The van der Waals surface area contributed by atoms with Gasteiger partial charge >= 0.3 is 5.97 Å². The van der Waals surface area contributed by atoms with Crippen molar-refractivity contribution in [1.82, 2.24) is 9.80 Å². The fourth-order valence-corrected chi connectivity index (χ4v) is 3.01. The van der Waals surface area contributed by atoms with Gasteiger partial charge in [0.2, 0.25) is 11.8 Å². The molecule has 2 aliphatic heterocycles. The van der Waals surface area contributed by atoms with Gasteiger partial charge in [-0.05, 0) is 25.7 Å². The number of piperidine rings is 1. The summed E-state index contributed by atoms with van der Waals surface area (Å²) in [5.41, 5.74) is 0. The predicted octanol–water partition coefficient (Wildman–Crippen LogP) is 0.178. The van der Waals surface area contributed by atoms with Crippen LogP contribution in [0.4, 0.5) is 0 Å². The second kappa shape index (κ2) is 5.07. The predicted molar refractivity (Wildman–Crippen MR) is 69.7 cm³/mol. The van der Waals surface area contributed by atoms with Gasteiger partial charge in [-0.3, -0.25) is 14.4 Å². The molecule has 0 unspecified atom stereocenters. The lowest BCUT2D eigenvalue weighted by Crippen LogP contribution is -2.55. The Morgan fingerprint density at radius 1 is 0.750 bits per heavy atom. The molecule has 6 heteroatoms. The van der Waals surface area contributed by atoms with Crippen molar-refractivity contribution < 1.29 is 19.5 Å². The smallest absolute Gasteiger partial charge is 0.310 e. The minimum absolute atomic E-state index is 0.0343. The van der Waals surface area contributed by atoms with Crippen molar-refractivity contribution >= 4 is 17.8 Å². The molecule has 0 radical (unpaired) electrons. The highest BCUT2D eigenvalue weighted by atomic mass is 16.4. The van der Waals surface area contributed by atoms with Gasteiger partial charge in [0.25, 0.3) is 0 Å². The summed E-state index contributed by atoms with van der Waals surface area (Å²) in [5, 5.41) is 8.81. The Bertz CT molecular complexity index is 432. The molecule has 3 rings (SSSR count). The number of carbonyl (C=O) groups excluding carboxylic acids is 2. The van der Waals surface area contributed by atoms with E-state index < -0.39 is 11.9 Å². The summed E-state index contributed by atoms with van der Waals surface area (Å²) >= 11 is 0. The van der Waals surface area contributed by atoms with E-state index in [-0.39, 0.29) is 23.7 Å². The van der Waals surface area contributed by atoms with Crippen molar-refractivity contribution in [2.24, 2.45) is 17.8 Å². The van der Waals surface area contributed by atoms with E-state index in [2.05, 4.69) is 0 Å². The van der Waals surface area contributed by atoms with Gasteiger partial charge in [-0.25, -0.2) is 0 Å². The van der Waals surface area contributed by atoms with Crippen LogP contribution in [0.2, 0.25) is 0 Å². The quantitative estimate of drug-likeness (QED) is 0.800. The molecule has 0 atom stereocenters. The standard InChI is InChI=1S/C14H20N2O4/c17-12(9-1-2-9)15-5-3-10(4-6-15)13(18)16-7-11(8-16)14(19)20/h9-11H,1-8H2,(H,19,20). The lowest BCUT2D eigenvalue weighted by molar-refractivity contribution is -0.156. The average Bonchev–Trinajstić information content (AvgIpc) is 3.20. The fraction of sp³-hybridized carbons (Fsp3) is 0.786. The van der Waals surface area contributed by atoms with E-state index in [1.54, 1.807) is 4.90 Å². The molecular weight excluding hydrogens is 260 g/mol. The fourth-order valence-electron chi connectivity index (χ4n) is 3.01. The second-order valence-electron chi connectivity index (χ2n) is 6.15. The summed E-state index contributed by atoms with van der Waals surface area (Å²) in [6.07, 6.45) is 3.46. The Kier molecular flexibility index (Phi) is 3.40. The van der Waals surface area contributed by atoms with Crippen LogP contribution in [0.5, 0.6) is 0 Å². The lowest BCUT2D eigenvalue weighted by Gasteiger charge is -2.40. The van der Waals surface area contributed by atoms with Crippen molar-refractivity contribution in [2.45, 2.75) is 25.7 Å². The van der Waals surface area contributed by atoms with Crippen LogP contribution in [0.1, 0.15) is 25.7 Å². The number of likely N-dealkylation sites (tertiary alicyclic amines) is 2. The van der Waals surface area contributed by atoms with Gasteiger partial charge in [0.1, 0.15) is 0 Å². The summed E-state index contributed by atoms with van der Waals surface area (Å²) in [7, 11) is 0. The third-order valence-electron chi connectivity index (χ3n) is 4.62. The molecule has 2 amide bonds. The van der Waals surface area contributed by atoms with Crippen LogP contribution >= 0.6 is 0 Å². The second-order valence-corrected chi connectivity index (χ2v) is 6.15. The number of carboxylic acid groups (broad SMARTS) is 1. The highest BCUT2D eigenvalue weighted by molar-refractivity contribution is 5.84. The molecule has 6 nitrogen and oxygen atoms in total. The summed E-state index contributed by atoms with van der Waals surface area (Å²) in [6.45, 7) is 2.02. The van der Waals surface area contributed by atoms with Gasteiger partial charge in [0.15, 0.2) is 0 Å². The highest BCUT2D eigenvalue weighted by Gasteiger charge is 2.40. The first kappa shape index (κ1) is 13.4. The minimum Gasteiger partial charge on any atom is -0.481 e. The maximum Gasteiger partial charge on any atom is 0.310 e. The zero-order chi connectivity index (χ0) is 14.3. The molecule has 2 saturated heterocycles. The van der Waals surface area contributed by atoms with E-state index in [0.717, 1.165) is 12.8 Å². The van der Waals surface area contributed by atoms with Crippen LogP contribution < -0.4 is 0 Å². The van der Waals surface area contributed by atoms with Crippen molar-refractivity contribution in [3.63, 3.8) is 0 Å². The third-order valence-corrected chi connectivity index (χ3v) is 4.62. The van der Waals surface area contributed by atoms with Crippen LogP contribution in [0.15, 0.2) is 0 Å². The van der Waals surface area contributed by atoms with Crippen LogP contribution in [-0.2, 0) is 14.4 Å². The molecule has 0 aromatic heterocycles. The van der Waals surface area contributed by atoms with Crippen LogP contribution in [-0.4, -0.2) is 58.9 Å². The first-order valence-corrected chi connectivity index (χ1v) is 7.36. The molecule has 1 saturated carbocycles. The van der Waals surface area contributed by atoms with Crippen LogP contribution in [0, 0.1) is 17.8 Å². The SMILES string of the molecule is O=C(O)C1CN(C(=O)C2CCN(C(=O)C3CC3)CC2)C1. The molecule has 0 aromatic rings. The highest BCUT2D eigenvalue weighted by Crippen LogP contribution is 2.33. The number of carboxylic acids is 1. The summed E-state index contributed by atoms with van der Waals surface area (Å²) in [5.74, 6) is -0.678. The largest absolute Gasteiger partial charge is 0.481 e. The number of hydrogen-bond acceptors (Lipinski definition) is 3. The van der Waals surface area contributed by atoms with E-state index in [1.807, 2.05) is 4.90 Å². The van der Waals surface area contributed by atoms with Crippen LogP contribution in [0.3, 0.4) is 0 Å². The van der Waals surface area contributed by atoms with Gasteiger partial charge in [0.05, 0.1) is 5.92 Å². The first-order valence-electron chi connectivity index (χ1n) is 7.36. The van der Waals surface area contributed by atoms with E-state index >= 15 is 0 Å². The average molecular weight is 280 g/mol. The van der Waals surface area contributed by atoms with Gasteiger partial charge in [-0.1, -0.05) is 0 Å². The van der Waals surface area contributed by atoms with Gasteiger partial charge in [-0.2, -0.15) is 0 Å². The Labute approximate surface area is 117 Å². The Hall–Kier alpha value is -1.59. The molecule has 110 valence electrons. The maximum atomic E-state index is 12.2. The normalized spacial score (nSPS) is 24.4. The molecule has 0 bridgehead atoms. The Morgan fingerprint density at radius 3 is 1.75 bits per heavy atom. The molecule has 1 N–H and O–H groups in total. The van der Waals surface area contributed by atoms with E-state index in [4.69, 9.17) is 5.11 Å². The van der Waals surface area contributed by atoms with Crippen molar-refractivity contribution in [3.8, 4) is 0 Å². The molecule has 20 heavy (non-hydrogen) atoms. The summed E-state index contributed by atoms with van der Waals surface area (Å²) in [6, 6.07) is 0. The number of amides is 2. The van der Waals surface area contributed by atoms with Gasteiger partial charge in [-0.15, -0.1) is 0 Å². The Morgan fingerprint density at radius 2 is 1.25 bits per heavy atom. The topological polar surface area (TPSA) is 77.9 Å². The lowest BCUT2D eigenvalue weighted by atomic mass is 9.91. The zero-order valence-corrected chi connectivity index (χ0v) is 11.5. The molecule has 0 spiro atoms. The zero-order valence-electron chi connectivity index (χ0n) is 11.5. The van der Waals surface area contributed by atoms with Gasteiger partial charge < -0.3 is 14.9 Å². The minimum atomic E-state index is -0.820.